The zero-order valence-electron chi connectivity index (χ0n) is 15.7. The fraction of sp³-hybridized carbons (Fsp3) is 0.136. The summed E-state index contributed by atoms with van der Waals surface area (Å²) in [4.78, 5) is 28.6. The van der Waals surface area contributed by atoms with Gasteiger partial charge in [-0.3, -0.25) is 14.9 Å². The minimum absolute atomic E-state index is 0.142. The number of thiazole rings is 1. The van der Waals surface area contributed by atoms with Gasteiger partial charge in [0.25, 0.3) is 0 Å². The summed E-state index contributed by atoms with van der Waals surface area (Å²) in [5.41, 5.74) is 4.53. The standard InChI is InChI=1S/C22H21N3O2S/c1-15-10-16(2)12-18(11-15)23-21(27)13-19-14-28-22(24-19)25-20(26)9-8-17-6-4-3-5-7-17/h3-12,14H,13H2,1-2H3,(H,23,27)(H,24,25,26)/b9-8+. The molecule has 0 saturated carbocycles. The summed E-state index contributed by atoms with van der Waals surface area (Å²) in [6.07, 6.45) is 3.35. The van der Waals surface area contributed by atoms with Crippen molar-refractivity contribution in [1.82, 2.24) is 4.98 Å². The molecule has 0 aliphatic heterocycles. The molecule has 1 heterocycles. The molecule has 0 aliphatic rings. The lowest BCUT2D eigenvalue weighted by atomic mass is 10.1. The van der Waals surface area contributed by atoms with Crippen LogP contribution >= 0.6 is 11.3 Å². The number of hydrogen-bond donors (Lipinski definition) is 2. The number of carbonyl (C=O) groups excluding carboxylic acids is 2. The maximum atomic E-state index is 12.3. The van der Waals surface area contributed by atoms with E-state index in [2.05, 4.69) is 21.7 Å². The van der Waals surface area contributed by atoms with E-state index in [9.17, 15) is 9.59 Å². The summed E-state index contributed by atoms with van der Waals surface area (Å²) < 4.78 is 0. The van der Waals surface area contributed by atoms with E-state index in [-0.39, 0.29) is 18.2 Å². The summed E-state index contributed by atoms with van der Waals surface area (Å²) in [5.74, 6) is -0.401. The van der Waals surface area contributed by atoms with Crippen molar-refractivity contribution in [2.75, 3.05) is 10.6 Å². The number of anilines is 2. The Morgan fingerprint density at radius 1 is 1.04 bits per heavy atom. The number of benzene rings is 2. The number of aryl methyl sites for hydroxylation is 2. The second kappa shape index (κ2) is 9.10. The predicted molar refractivity (Wildman–Crippen MR) is 114 cm³/mol. The monoisotopic (exact) mass is 391 g/mol. The third kappa shape index (κ3) is 5.89. The van der Waals surface area contributed by atoms with E-state index in [1.807, 2.05) is 56.3 Å². The van der Waals surface area contributed by atoms with Crippen LogP contribution in [0.15, 0.2) is 60.0 Å². The molecule has 5 nitrogen and oxygen atoms in total. The van der Waals surface area contributed by atoms with Crippen molar-refractivity contribution in [3.05, 3.63) is 82.4 Å². The van der Waals surface area contributed by atoms with Crippen molar-refractivity contribution in [3.63, 3.8) is 0 Å². The fourth-order valence-corrected chi connectivity index (χ4v) is 3.46. The Morgan fingerprint density at radius 2 is 1.75 bits per heavy atom. The van der Waals surface area contributed by atoms with Crippen LogP contribution in [0.5, 0.6) is 0 Å². The highest BCUT2D eigenvalue weighted by atomic mass is 32.1. The first-order valence-electron chi connectivity index (χ1n) is 8.84. The average molecular weight is 391 g/mol. The Hall–Kier alpha value is -3.25. The van der Waals surface area contributed by atoms with Crippen molar-refractivity contribution in [2.45, 2.75) is 20.3 Å². The van der Waals surface area contributed by atoms with Crippen LogP contribution in [0.1, 0.15) is 22.4 Å². The smallest absolute Gasteiger partial charge is 0.250 e. The lowest BCUT2D eigenvalue weighted by Crippen LogP contribution is -2.15. The molecular formula is C22H21N3O2S. The van der Waals surface area contributed by atoms with Gasteiger partial charge in [0.1, 0.15) is 0 Å². The van der Waals surface area contributed by atoms with E-state index in [4.69, 9.17) is 0 Å². The highest BCUT2D eigenvalue weighted by molar-refractivity contribution is 7.14. The van der Waals surface area contributed by atoms with Gasteiger partial charge in [-0.2, -0.15) is 0 Å². The van der Waals surface area contributed by atoms with Gasteiger partial charge in [0, 0.05) is 17.1 Å². The Bertz CT molecular complexity index is 989. The number of nitrogens with one attached hydrogen (secondary N) is 2. The Morgan fingerprint density at radius 3 is 2.46 bits per heavy atom. The van der Waals surface area contributed by atoms with Crippen LogP contribution in [0, 0.1) is 13.8 Å². The number of carbonyl (C=O) groups is 2. The maximum Gasteiger partial charge on any atom is 0.250 e. The van der Waals surface area contributed by atoms with Gasteiger partial charge in [0.2, 0.25) is 11.8 Å². The van der Waals surface area contributed by atoms with Crippen molar-refractivity contribution >= 4 is 40.0 Å². The molecule has 3 rings (SSSR count). The maximum absolute atomic E-state index is 12.3. The molecule has 0 spiro atoms. The van der Waals surface area contributed by atoms with E-state index in [1.54, 1.807) is 11.5 Å². The van der Waals surface area contributed by atoms with Gasteiger partial charge in [0.15, 0.2) is 5.13 Å². The van der Waals surface area contributed by atoms with Gasteiger partial charge in [-0.1, -0.05) is 36.4 Å². The second-order valence-corrected chi connectivity index (χ2v) is 7.34. The molecule has 0 bridgehead atoms. The van der Waals surface area contributed by atoms with E-state index < -0.39 is 0 Å². The largest absolute Gasteiger partial charge is 0.326 e. The highest BCUT2D eigenvalue weighted by Crippen LogP contribution is 2.18. The number of nitrogens with zero attached hydrogens (tertiary/aromatic N) is 1. The summed E-state index contributed by atoms with van der Waals surface area (Å²) in [6.45, 7) is 3.98. The predicted octanol–water partition coefficient (Wildman–Crippen LogP) is 4.59. The Balaban J connectivity index is 1.54. The number of amides is 2. The number of hydrogen-bond acceptors (Lipinski definition) is 4. The summed E-state index contributed by atoms with van der Waals surface area (Å²) in [5, 5.41) is 7.85. The quantitative estimate of drug-likeness (QED) is 0.604. The molecule has 28 heavy (non-hydrogen) atoms. The van der Waals surface area contributed by atoms with Gasteiger partial charge in [0.05, 0.1) is 12.1 Å². The van der Waals surface area contributed by atoms with Crippen LogP contribution in [0.2, 0.25) is 0 Å². The molecule has 6 heteroatoms. The van der Waals surface area contributed by atoms with Gasteiger partial charge in [-0.15, -0.1) is 11.3 Å². The van der Waals surface area contributed by atoms with Crippen LogP contribution in [0.4, 0.5) is 10.8 Å². The topological polar surface area (TPSA) is 71.1 Å². The molecule has 2 amide bonds. The first-order chi connectivity index (χ1) is 13.5. The van der Waals surface area contributed by atoms with Crippen molar-refractivity contribution in [3.8, 4) is 0 Å². The first kappa shape index (κ1) is 19.5. The van der Waals surface area contributed by atoms with Crippen molar-refractivity contribution in [2.24, 2.45) is 0 Å². The SMILES string of the molecule is Cc1cc(C)cc(NC(=O)Cc2csc(NC(=O)/C=C/c3ccccc3)n2)c1. The lowest BCUT2D eigenvalue weighted by Gasteiger charge is -2.06. The summed E-state index contributed by atoms with van der Waals surface area (Å²) >= 11 is 1.30. The van der Waals surface area contributed by atoms with Crippen molar-refractivity contribution in [1.29, 1.82) is 0 Å². The highest BCUT2D eigenvalue weighted by Gasteiger charge is 2.10. The van der Waals surface area contributed by atoms with Gasteiger partial charge in [-0.25, -0.2) is 4.98 Å². The molecule has 2 N–H and O–H groups in total. The molecule has 2 aromatic carbocycles. The number of rotatable bonds is 6. The molecule has 0 fully saturated rings. The van der Waals surface area contributed by atoms with Gasteiger partial charge in [-0.05, 0) is 48.7 Å². The lowest BCUT2D eigenvalue weighted by molar-refractivity contribution is -0.115. The molecular weight excluding hydrogens is 370 g/mol. The molecule has 0 atom stereocenters. The van der Waals surface area contributed by atoms with Crippen LogP contribution in [0.3, 0.4) is 0 Å². The van der Waals surface area contributed by atoms with E-state index in [1.165, 1.54) is 17.4 Å². The van der Waals surface area contributed by atoms with Crippen molar-refractivity contribution < 1.29 is 9.59 Å². The average Bonchev–Trinajstić information content (AvgIpc) is 3.06. The van der Waals surface area contributed by atoms with E-state index >= 15 is 0 Å². The number of aromatic nitrogens is 1. The molecule has 1 aromatic heterocycles. The fourth-order valence-electron chi connectivity index (χ4n) is 2.75. The molecule has 0 aliphatic carbocycles. The Kier molecular flexibility index (Phi) is 6.34. The van der Waals surface area contributed by atoms with E-state index in [0.29, 0.717) is 10.8 Å². The zero-order chi connectivity index (χ0) is 19.9. The third-order valence-electron chi connectivity index (χ3n) is 3.86. The second-order valence-electron chi connectivity index (χ2n) is 6.48. The molecule has 0 radical (unpaired) electrons. The minimum Gasteiger partial charge on any atom is -0.326 e. The first-order valence-corrected chi connectivity index (χ1v) is 9.72. The minimum atomic E-state index is -0.260. The van der Waals surface area contributed by atoms with Crippen LogP contribution in [-0.4, -0.2) is 16.8 Å². The molecule has 0 unspecified atom stereocenters. The normalized spacial score (nSPS) is 10.8. The zero-order valence-corrected chi connectivity index (χ0v) is 16.5. The summed E-state index contributed by atoms with van der Waals surface area (Å²) in [7, 11) is 0. The van der Waals surface area contributed by atoms with E-state index in [0.717, 1.165) is 22.4 Å². The Labute approximate surface area is 168 Å². The third-order valence-corrected chi connectivity index (χ3v) is 4.66. The van der Waals surface area contributed by atoms with Crippen LogP contribution in [-0.2, 0) is 16.0 Å². The molecule has 3 aromatic rings. The van der Waals surface area contributed by atoms with Gasteiger partial charge < -0.3 is 5.32 Å². The molecule has 0 saturated heterocycles. The molecule has 142 valence electrons. The van der Waals surface area contributed by atoms with Gasteiger partial charge >= 0.3 is 0 Å². The van der Waals surface area contributed by atoms with Crippen LogP contribution < -0.4 is 10.6 Å². The van der Waals surface area contributed by atoms with Crippen LogP contribution in [0.25, 0.3) is 6.08 Å². The summed E-state index contributed by atoms with van der Waals surface area (Å²) in [6, 6.07) is 15.5.